The molecule has 0 atom stereocenters. The van der Waals surface area contributed by atoms with E-state index < -0.39 is 5.60 Å². The number of halogens is 1. The fraction of sp³-hybridized carbons (Fsp3) is 0.444. The van der Waals surface area contributed by atoms with Crippen molar-refractivity contribution in [2.75, 3.05) is 25.1 Å². The second kappa shape index (κ2) is 6.73. The number of aromatic nitrogens is 2. The van der Waals surface area contributed by atoms with Crippen molar-refractivity contribution in [3.63, 3.8) is 0 Å². The molecule has 1 saturated heterocycles. The zero-order valence-electron chi connectivity index (χ0n) is 14.0. The number of aryl methyl sites for hydroxylation is 1. The van der Waals surface area contributed by atoms with E-state index >= 15 is 0 Å². The second-order valence-electron chi connectivity index (χ2n) is 6.37. The number of methoxy groups -OCH3 is 1. The molecule has 0 aliphatic carbocycles. The van der Waals surface area contributed by atoms with Crippen molar-refractivity contribution in [2.45, 2.75) is 31.8 Å². The molecule has 128 valence electrons. The summed E-state index contributed by atoms with van der Waals surface area (Å²) in [6, 6.07) is 8.71. The molecule has 1 aliphatic heterocycles. The maximum atomic E-state index is 13.3. The Hall–Kier alpha value is -2.21. The van der Waals surface area contributed by atoms with Gasteiger partial charge in [-0.1, -0.05) is 12.1 Å². The van der Waals surface area contributed by atoms with Gasteiger partial charge in [-0.25, -0.2) is 9.37 Å². The molecule has 3 rings (SSSR count). The van der Waals surface area contributed by atoms with Crippen LogP contribution in [0.15, 0.2) is 30.3 Å². The van der Waals surface area contributed by atoms with Crippen LogP contribution in [0.3, 0.4) is 0 Å². The van der Waals surface area contributed by atoms with Gasteiger partial charge in [-0.3, -0.25) is 0 Å². The van der Waals surface area contributed by atoms with E-state index in [4.69, 9.17) is 4.74 Å². The summed E-state index contributed by atoms with van der Waals surface area (Å²) in [5.41, 5.74) is 0.860. The lowest BCUT2D eigenvalue weighted by atomic mass is 9.85. The molecule has 0 radical (unpaired) electrons. The average molecular weight is 331 g/mol. The topological polar surface area (TPSA) is 58.5 Å². The summed E-state index contributed by atoms with van der Waals surface area (Å²) in [5, 5.41) is 10.8. The molecule has 2 aromatic rings. The lowest BCUT2D eigenvalue weighted by Crippen LogP contribution is -2.46. The summed E-state index contributed by atoms with van der Waals surface area (Å²) in [6.45, 7) is 3.27. The van der Waals surface area contributed by atoms with Crippen LogP contribution in [0, 0.1) is 12.7 Å². The Labute approximate surface area is 141 Å². The van der Waals surface area contributed by atoms with Gasteiger partial charge in [0.1, 0.15) is 11.6 Å². The van der Waals surface area contributed by atoms with Gasteiger partial charge in [0.2, 0.25) is 0 Å². The van der Waals surface area contributed by atoms with E-state index in [-0.39, 0.29) is 5.82 Å². The Balaban J connectivity index is 1.67. The summed E-state index contributed by atoms with van der Waals surface area (Å²) in [4.78, 5) is 10.7. The molecule has 1 fully saturated rings. The molecule has 0 spiro atoms. The van der Waals surface area contributed by atoms with Crippen molar-refractivity contribution in [1.29, 1.82) is 0 Å². The SMILES string of the molecule is COc1nc(C)cc(N2CCC(O)(Cc3cccc(F)c3)CC2)n1. The molecule has 2 heterocycles. The molecule has 24 heavy (non-hydrogen) atoms. The van der Waals surface area contributed by atoms with Crippen molar-refractivity contribution in [3.8, 4) is 6.01 Å². The molecule has 1 aliphatic rings. The number of aliphatic hydroxyl groups is 1. The van der Waals surface area contributed by atoms with Crippen molar-refractivity contribution in [3.05, 3.63) is 47.4 Å². The third-order valence-corrected chi connectivity index (χ3v) is 4.44. The van der Waals surface area contributed by atoms with E-state index in [0.29, 0.717) is 38.4 Å². The summed E-state index contributed by atoms with van der Waals surface area (Å²) in [7, 11) is 1.55. The van der Waals surface area contributed by atoms with Crippen molar-refractivity contribution < 1.29 is 14.2 Å². The van der Waals surface area contributed by atoms with Gasteiger partial charge in [0, 0.05) is 31.3 Å². The van der Waals surface area contributed by atoms with E-state index in [1.54, 1.807) is 13.2 Å². The van der Waals surface area contributed by atoms with E-state index in [1.807, 2.05) is 19.1 Å². The molecule has 0 bridgehead atoms. The lowest BCUT2D eigenvalue weighted by Gasteiger charge is -2.39. The van der Waals surface area contributed by atoms with Gasteiger partial charge in [0.05, 0.1) is 12.7 Å². The monoisotopic (exact) mass is 331 g/mol. The first-order valence-electron chi connectivity index (χ1n) is 8.09. The highest BCUT2D eigenvalue weighted by Crippen LogP contribution is 2.29. The lowest BCUT2D eigenvalue weighted by molar-refractivity contribution is 0.0164. The molecule has 1 aromatic heterocycles. The van der Waals surface area contributed by atoms with E-state index in [2.05, 4.69) is 14.9 Å². The van der Waals surface area contributed by atoms with Gasteiger partial charge in [-0.15, -0.1) is 0 Å². The summed E-state index contributed by atoms with van der Waals surface area (Å²) < 4.78 is 18.4. The predicted octanol–water partition coefficient (Wildman–Crippen LogP) is 2.51. The quantitative estimate of drug-likeness (QED) is 0.933. The van der Waals surface area contributed by atoms with Crippen LogP contribution >= 0.6 is 0 Å². The average Bonchev–Trinajstić information content (AvgIpc) is 2.54. The van der Waals surface area contributed by atoms with Gasteiger partial charge < -0.3 is 14.7 Å². The number of rotatable bonds is 4. The predicted molar refractivity (Wildman–Crippen MR) is 89.8 cm³/mol. The Bertz CT molecular complexity index is 715. The number of ether oxygens (including phenoxy) is 1. The number of benzene rings is 1. The Kier molecular flexibility index (Phi) is 4.66. The fourth-order valence-electron chi connectivity index (χ4n) is 3.13. The first-order chi connectivity index (χ1) is 11.5. The zero-order chi connectivity index (χ0) is 17.2. The molecular formula is C18H22FN3O2. The van der Waals surface area contributed by atoms with E-state index in [1.165, 1.54) is 12.1 Å². The standard InChI is InChI=1S/C18H22FN3O2/c1-13-10-16(21-17(20-13)24-2)22-8-6-18(23,7-9-22)12-14-4-3-5-15(19)11-14/h3-5,10-11,23H,6-9,12H2,1-2H3. The third kappa shape index (κ3) is 3.82. The molecule has 1 aromatic carbocycles. The minimum absolute atomic E-state index is 0.267. The molecule has 0 amide bonds. The molecule has 6 heteroatoms. The molecule has 0 unspecified atom stereocenters. The third-order valence-electron chi connectivity index (χ3n) is 4.44. The van der Waals surface area contributed by atoms with Crippen LogP contribution in [0.2, 0.25) is 0 Å². The van der Waals surface area contributed by atoms with Crippen molar-refractivity contribution in [2.24, 2.45) is 0 Å². The van der Waals surface area contributed by atoms with Gasteiger partial charge >= 0.3 is 6.01 Å². The minimum Gasteiger partial charge on any atom is -0.467 e. The fourth-order valence-corrected chi connectivity index (χ4v) is 3.13. The zero-order valence-corrected chi connectivity index (χ0v) is 14.0. The van der Waals surface area contributed by atoms with Crippen LogP contribution in [0.1, 0.15) is 24.1 Å². The Morgan fingerprint density at radius 3 is 2.67 bits per heavy atom. The second-order valence-corrected chi connectivity index (χ2v) is 6.37. The van der Waals surface area contributed by atoms with E-state index in [0.717, 1.165) is 17.1 Å². The smallest absolute Gasteiger partial charge is 0.318 e. The summed E-state index contributed by atoms with van der Waals surface area (Å²) in [5.74, 6) is 0.546. The van der Waals surface area contributed by atoms with Crippen molar-refractivity contribution in [1.82, 2.24) is 9.97 Å². The van der Waals surface area contributed by atoms with Gasteiger partial charge in [0.15, 0.2) is 0 Å². The minimum atomic E-state index is -0.809. The van der Waals surface area contributed by atoms with Crippen LogP contribution in [0.25, 0.3) is 0 Å². The molecule has 0 saturated carbocycles. The highest BCUT2D eigenvalue weighted by molar-refractivity contribution is 5.41. The summed E-state index contributed by atoms with van der Waals surface area (Å²) in [6.07, 6.45) is 1.68. The van der Waals surface area contributed by atoms with Crippen molar-refractivity contribution >= 4 is 5.82 Å². The first-order valence-corrected chi connectivity index (χ1v) is 8.09. The van der Waals surface area contributed by atoms with Crippen LogP contribution in [-0.2, 0) is 6.42 Å². The molecule has 1 N–H and O–H groups in total. The van der Waals surface area contributed by atoms with Crippen LogP contribution in [0.4, 0.5) is 10.2 Å². The number of nitrogens with zero attached hydrogens (tertiary/aromatic N) is 3. The van der Waals surface area contributed by atoms with Crippen LogP contribution in [0.5, 0.6) is 6.01 Å². The number of anilines is 1. The maximum Gasteiger partial charge on any atom is 0.318 e. The highest BCUT2D eigenvalue weighted by Gasteiger charge is 2.33. The van der Waals surface area contributed by atoms with E-state index in [9.17, 15) is 9.50 Å². The number of hydrogen-bond donors (Lipinski definition) is 1. The molecular weight excluding hydrogens is 309 g/mol. The first kappa shape index (κ1) is 16.6. The normalized spacial score (nSPS) is 16.9. The Morgan fingerprint density at radius 1 is 1.25 bits per heavy atom. The highest BCUT2D eigenvalue weighted by atomic mass is 19.1. The summed E-state index contributed by atoms with van der Waals surface area (Å²) >= 11 is 0. The number of hydrogen-bond acceptors (Lipinski definition) is 5. The van der Waals surface area contributed by atoms with Gasteiger partial charge in [-0.2, -0.15) is 4.98 Å². The largest absolute Gasteiger partial charge is 0.467 e. The molecule has 5 nitrogen and oxygen atoms in total. The van der Waals surface area contributed by atoms with Gasteiger partial charge in [0.25, 0.3) is 0 Å². The van der Waals surface area contributed by atoms with Crippen LogP contribution < -0.4 is 9.64 Å². The maximum absolute atomic E-state index is 13.3. The van der Waals surface area contributed by atoms with Crippen LogP contribution in [-0.4, -0.2) is 40.9 Å². The number of piperidine rings is 1. The van der Waals surface area contributed by atoms with Gasteiger partial charge in [-0.05, 0) is 37.5 Å². The Morgan fingerprint density at radius 2 is 2.00 bits per heavy atom.